The van der Waals surface area contributed by atoms with Crippen molar-refractivity contribution in [2.24, 2.45) is 0 Å². The van der Waals surface area contributed by atoms with Crippen LogP contribution >= 0.6 is 15.9 Å². The standard InChI is InChI=1S/C15H5BrF9N3O4/c16-5-1-7(13(17,18)19)11(8(2-5)14(20,21)22)26-12-9(15(23,24)25)3-6(27(29)30)4-10(12)28(31)32/h1-4,26H. The average molecular weight is 542 g/mol. The number of nitrogens with one attached hydrogen (secondary N) is 1. The summed E-state index contributed by atoms with van der Waals surface area (Å²) < 4.78 is 120. The van der Waals surface area contributed by atoms with Crippen LogP contribution in [0.4, 0.5) is 62.3 Å². The first kappa shape index (κ1) is 25.2. The van der Waals surface area contributed by atoms with Gasteiger partial charge in [0, 0.05) is 10.5 Å². The Kier molecular flexibility index (Phi) is 6.37. The number of benzene rings is 2. The maximum absolute atomic E-state index is 13.4. The molecule has 0 aliphatic carbocycles. The molecule has 0 atom stereocenters. The third-order valence-electron chi connectivity index (χ3n) is 3.78. The molecular formula is C15H5BrF9N3O4. The normalized spacial score (nSPS) is 12.6. The third-order valence-corrected chi connectivity index (χ3v) is 4.24. The topological polar surface area (TPSA) is 98.3 Å². The van der Waals surface area contributed by atoms with Crippen molar-refractivity contribution in [3.05, 3.63) is 65.7 Å². The molecule has 2 aromatic rings. The van der Waals surface area contributed by atoms with Crippen LogP contribution in [0.25, 0.3) is 0 Å². The van der Waals surface area contributed by atoms with Crippen molar-refractivity contribution in [3.63, 3.8) is 0 Å². The molecule has 2 rings (SSSR count). The van der Waals surface area contributed by atoms with Gasteiger partial charge < -0.3 is 5.32 Å². The zero-order valence-electron chi connectivity index (χ0n) is 14.6. The molecule has 0 fully saturated rings. The first-order valence-corrected chi connectivity index (χ1v) is 8.42. The highest BCUT2D eigenvalue weighted by Gasteiger charge is 2.44. The van der Waals surface area contributed by atoms with E-state index in [-0.39, 0.29) is 24.3 Å². The number of hydrogen-bond acceptors (Lipinski definition) is 5. The molecular weight excluding hydrogens is 537 g/mol. The molecule has 174 valence electrons. The van der Waals surface area contributed by atoms with Crippen molar-refractivity contribution in [2.75, 3.05) is 5.32 Å². The average Bonchev–Trinajstić information content (AvgIpc) is 2.59. The number of nitro groups is 2. The fourth-order valence-electron chi connectivity index (χ4n) is 2.53. The highest BCUT2D eigenvalue weighted by Crippen LogP contribution is 2.49. The Morgan fingerprint density at radius 2 is 1.09 bits per heavy atom. The Labute approximate surface area is 178 Å². The minimum atomic E-state index is -5.63. The van der Waals surface area contributed by atoms with Crippen LogP contribution in [0.5, 0.6) is 0 Å². The molecule has 0 saturated heterocycles. The smallest absolute Gasteiger partial charge is 0.348 e. The van der Waals surface area contributed by atoms with Crippen molar-refractivity contribution in [1.82, 2.24) is 0 Å². The van der Waals surface area contributed by atoms with Gasteiger partial charge in [0.25, 0.3) is 11.4 Å². The Hall–Kier alpha value is -3.11. The summed E-state index contributed by atoms with van der Waals surface area (Å²) in [5, 5.41) is 23.3. The Morgan fingerprint density at radius 3 is 1.44 bits per heavy atom. The van der Waals surface area contributed by atoms with Gasteiger partial charge in [0.15, 0.2) is 0 Å². The molecule has 0 aromatic heterocycles. The molecule has 1 N–H and O–H groups in total. The van der Waals surface area contributed by atoms with Crippen LogP contribution in [0.3, 0.4) is 0 Å². The van der Waals surface area contributed by atoms with Crippen molar-refractivity contribution in [3.8, 4) is 0 Å². The number of anilines is 2. The minimum Gasteiger partial charge on any atom is -0.348 e. The number of nitrogens with zero attached hydrogens (tertiary/aromatic N) is 2. The van der Waals surface area contributed by atoms with Crippen LogP contribution in [0.1, 0.15) is 16.7 Å². The second kappa shape index (κ2) is 8.10. The summed E-state index contributed by atoms with van der Waals surface area (Å²) in [5.74, 6) is 0. The maximum Gasteiger partial charge on any atom is 0.418 e. The van der Waals surface area contributed by atoms with E-state index < -0.39 is 72.3 Å². The van der Waals surface area contributed by atoms with Crippen LogP contribution in [0.15, 0.2) is 28.7 Å². The maximum atomic E-state index is 13.4. The summed E-state index contributed by atoms with van der Waals surface area (Å²) in [5.41, 5.74) is -13.4. The van der Waals surface area contributed by atoms with Gasteiger partial charge in [0.05, 0.1) is 38.3 Å². The summed E-state index contributed by atoms with van der Waals surface area (Å²) in [7, 11) is 0. The lowest BCUT2D eigenvalue weighted by atomic mass is 10.0. The molecule has 0 heterocycles. The van der Waals surface area contributed by atoms with E-state index >= 15 is 0 Å². The second-order valence-corrected chi connectivity index (χ2v) is 6.81. The van der Waals surface area contributed by atoms with E-state index in [1.165, 1.54) is 5.32 Å². The van der Waals surface area contributed by atoms with Crippen molar-refractivity contribution in [2.45, 2.75) is 18.5 Å². The summed E-state index contributed by atoms with van der Waals surface area (Å²) in [6, 6.07) is -0.0597. The molecule has 0 saturated carbocycles. The summed E-state index contributed by atoms with van der Waals surface area (Å²) in [6.07, 6.45) is -16.7. The number of alkyl halides is 9. The molecule has 0 aliphatic rings. The molecule has 0 unspecified atom stereocenters. The molecule has 0 spiro atoms. The lowest BCUT2D eigenvalue weighted by Crippen LogP contribution is -2.18. The molecule has 32 heavy (non-hydrogen) atoms. The summed E-state index contributed by atoms with van der Waals surface area (Å²) >= 11 is 2.44. The lowest BCUT2D eigenvalue weighted by Gasteiger charge is -2.22. The van der Waals surface area contributed by atoms with Gasteiger partial charge in [-0.05, 0) is 12.1 Å². The van der Waals surface area contributed by atoms with Crippen LogP contribution in [0.2, 0.25) is 0 Å². The molecule has 7 nitrogen and oxygen atoms in total. The lowest BCUT2D eigenvalue weighted by molar-refractivity contribution is -0.394. The van der Waals surface area contributed by atoms with Crippen LogP contribution in [0, 0.1) is 20.2 Å². The molecule has 17 heteroatoms. The van der Waals surface area contributed by atoms with Crippen molar-refractivity contribution >= 4 is 38.7 Å². The Balaban J connectivity index is 2.99. The van der Waals surface area contributed by atoms with Gasteiger partial charge in [0.1, 0.15) is 5.69 Å². The second-order valence-electron chi connectivity index (χ2n) is 5.90. The number of non-ortho nitro benzene ring substituents is 1. The predicted octanol–water partition coefficient (Wildman–Crippen LogP) is 7.07. The molecule has 2 aromatic carbocycles. The molecule has 0 bridgehead atoms. The third kappa shape index (κ3) is 5.20. The highest BCUT2D eigenvalue weighted by molar-refractivity contribution is 9.10. The zero-order chi connectivity index (χ0) is 24.8. The van der Waals surface area contributed by atoms with E-state index in [9.17, 15) is 59.7 Å². The zero-order valence-corrected chi connectivity index (χ0v) is 16.2. The van der Waals surface area contributed by atoms with Gasteiger partial charge in [-0.3, -0.25) is 20.2 Å². The van der Waals surface area contributed by atoms with E-state index in [1.807, 2.05) is 0 Å². The van der Waals surface area contributed by atoms with E-state index in [0.717, 1.165) is 0 Å². The Morgan fingerprint density at radius 1 is 0.688 bits per heavy atom. The SMILES string of the molecule is O=[N+]([O-])c1cc([N+](=O)[O-])c(Nc2c(C(F)(F)F)cc(Br)cc2C(F)(F)F)c(C(F)(F)F)c1. The first-order valence-electron chi connectivity index (χ1n) is 7.63. The van der Waals surface area contributed by atoms with Gasteiger partial charge in [0.2, 0.25) is 0 Å². The quantitative estimate of drug-likeness (QED) is 0.253. The number of halogens is 10. The van der Waals surface area contributed by atoms with Crippen LogP contribution in [-0.4, -0.2) is 9.85 Å². The number of nitro benzene ring substituents is 2. The van der Waals surface area contributed by atoms with E-state index in [2.05, 4.69) is 15.9 Å². The van der Waals surface area contributed by atoms with Gasteiger partial charge in [-0.15, -0.1) is 0 Å². The monoisotopic (exact) mass is 541 g/mol. The van der Waals surface area contributed by atoms with E-state index in [4.69, 9.17) is 0 Å². The fraction of sp³-hybridized carbons (Fsp3) is 0.200. The van der Waals surface area contributed by atoms with E-state index in [1.54, 1.807) is 0 Å². The molecule has 0 radical (unpaired) electrons. The van der Waals surface area contributed by atoms with Crippen LogP contribution in [-0.2, 0) is 18.5 Å². The fourth-order valence-corrected chi connectivity index (χ4v) is 2.99. The van der Waals surface area contributed by atoms with Crippen molar-refractivity contribution < 1.29 is 49.4 Å². The van der Waals surface area contributed by atoms with Gasteiger partial charge in [-0.1, -0.05) is 15.9 Å². The summed E-state index contributed by atoms with van der Waals surface area (Å²) in [6.45, 7) is 0. The highest BCUT2D eigenvalue weighted by atomic mass is 79.9. The number of rotatable bonds is 4. The first-order chi connectivity index (χ1) is 14.3. The van der Waals surface area contributed by atoms with Crippen molar-refractivity contribution in [1.29, 1.82) is 0 Å². The largest absolute Gasteiger partial charge is 0.418 e. The molecule has 0 aliphatic heterocycles. The van der Waals surface area contributed by atoms with E-state index in [0.29, 0.717) is 0 Å². The number of hydrogen-bond donors (Lipinski definition) is 1. The van der Waals surface area contributed by atoms with Gasteiger partial charge in [-0.25, -0.2) is 0 Å². The van der Waals surface area contributed by atoms with Gasteiger partial charge in [-0.2, -0.15) is 39.5 Å². The van der Waals surface area contributed by atoms with Crippen LogP contribution < -0.4 is 5.32 Å². The van der Waals surface area contributed by atoms with Gasteiger partial charge >= 0.3 is 18.5 Å². The Bertz CT molecular complexity index is 1060. The summed E-state index contributed by atoms with van der Waals surface area (Å²) in [4.78, 5) is 19.0. The molecule has 0 amide bonds. The minimum absolute atomic E-state index is 0.0308. The predicted molar refractivity (Wildman–Crippen MR) is 92.2 cm³/mol.